The maximum Gasteiger partial charge on any atom is 0.115 e. The van der Waals surface area contributed by atoms with E-state index >= 15 is 0 Å². The van der Waals surface area contributed by atoms with E-state index in [1.807, 2.05) is 25.1 Å². The molecule has 0 heterocycles. The van der Waals surface area contributed by atoms with Crippen LogP contribution >= 0.6 is 0 Å². The number of hydrogen-bond donors (Lipinski definition) is 2. The number of aliphatic imine (C=N–C) groups is 1. The number of nitrogens with two attached hydrogens (primary N) is 1. The van der Waals surface area contributed by atoms with Gasteiger partial charge in [-0.3, -0.25) is 4.99 Å². The number of hydrogen-bond acceptors (Lipinski definition) is 3. The molecule has 28 heavy (non-hydrogen) atoms. The van der Waals surface area contributed by atoms with Gasteiger partial charge in [0.25, 0.3) is 0 Å². The van der Waals surface area contributed by atoms with E-state index in [1.165, 1.54) is 22.3 Å². The Labute approximate surface area is 167 Å². The Morgan fingerprint density at radius 3 is 2.11 bits per heavy atom. The summed E-state index contributed by atoms with van der Waals surface area (Å²) in [7, 11) is 0. The summed E-state index contributed by atoms with van der Waals surface area (Å²) < 4.78 is 0. The highest BCUT2D eigenvalue weighted by atomic mass is 16.3. The van der Waals surface area contributed by atoms with Crippen LogP contribution in [0.2, 0.25) is 0 Å². The van der Waals surface area contributed by atoms with Crippen LogP contribution < -0.4 is 5.73 Å². The predicted molar refractivity (Wildman–Crippen MR) is 119 cm³/mol. The Hall–Kier alpha value is -3.07. The second kappa shape index (κ2) is 8.75. The average molecular weight is 373 g/mol. The van der Waals surface area contributed by atoms with Crippen LogP contribution in [0.5, 0.6) is 5.75 Å². The molecular formula is C25H28N2O. The normalized spacial score (nSPS) is 11.6. The molecule has 0 aliphatic carbocycles. The minimum absolute atomic E-state index is 0.268. The number of aromatic hydroxyl groups is 1. The molecule has 0 fully saturated rings. The number of benzene rings is 3. The summed E-state index contributed by atoms with van der Waals surface area (Å²) >= 11 is 0. The van der Waals surface area contributed by atoms with Gasteiger partial charge in [-0.05, 0) is 90.4 Å². The molecule has 0 aromatic heterocycles. The van der Waals surface area contributed by atoms with Crippen molar-refractivity contribution in [2.75, 3.05) is 5.73 Å². The number of phenols is 1. The van der Waals surface area contributed by atoms with Gasteiger partial charge in [-0.1, -0.05) is 38.1 Å². The summed E-state index contributed by atoms with van der Waals surface area (Å²) in [6.45, 7) is 6.29. The van der Waals surface area contributed by atoms with E-state index in [2.05, 4.69) is 44.2 Å². The molecule has 0 saturated heterocycles. The Bertz CT molecular complexity index is 988. The molecule has 0 aliphatic heterocycles. The summed E-state index contributed by atoms with van der Waals surface area (Å²) in [6, 6.07) is 20.0. The summed E-state index contributed by atoms with van der Waals surface area (Å²) in [5, 5.41) is 9.46. The first-order valence-corrected chi connectivity index (χ1v) is 9.84. The molecule has 3 aromatic rings. The van der Waals surface area contributed by atoms with Crippen molar-refractivity contribution in [2.24, 2.45) is 4.99 Å². The standard InChI is InChI=1S/C25H28N2O/c1-4-20-15-18(6-12-24(20)26)14-19-7-13-25(21(5-2)16-19)27-17(3)22-8-10-23(28)11-9-22/h6-13,15-16,28H,4-5,14,26H2,1-3H3. The van der Waals surface area contributed by atoms with Crippen molar-refractivity contribution in [3.63, 3.8) is 0 Å². The third-order valence-electron chi connectivity index (χ3n) is 5.09. The van der Waals surface area contributed by atoms with Crippen molar-refractivity contribution in [3.05, 3.63) is 88.5 Å². The van der Waals surface area contributed by atoms with E-state index < -0.39 is 0 Å². The molecule has 0 bridgehead atoms. The van der Waals surface area contributed by atoms with Gasteiger partial charge in [-0.25, -0.2) is 0 Å². The molecule has 0 saturated carbocycles. The Morgan fingerprint density at radius 1 is 0.857 bits per heavy atom. The zero-order chi connectivity index (χ0) is 20.1. The second-order valence-electron chi connectivity index (χ2n) is 7.12. The Balaban J connectivity index is 1.86. The second-order valence-corrected chi connectivity index (χ2v) is 7.12. The summed E-state index contributed by atoms with van der Waals surface area (Å²) in [6.07, 6.45) is 2.77. The molecule has 0 amide bonds. The van der Waals surface area contributed by atoms with Crippen molar-refractivity contribution in [1.82, 2.24) is 0 Å². The SMILES string of the molecule is CCc1cc(Cc2ccc(N=C(C)c3ccc(O)cc3)c(CC)c2)ccc1N. The van der Waals surface area contributed by atoms with Crippen molar-refractivity contribution in [3.8, 4) is 5.75 Å². The number of nitrogen functional groups attached to an aromatic ring is 1. The Morgan fingerprint density at radius 2 is 1.46 bits per heavy atom. The minimum Gasteiger partial charge on any atom is -0.508 e. The molecule has 3 heteroatoms. The van der Waals surface area contributed by atoms with Gasteiger partial charge in [-0.2, -0.15) is 0 Å². The van der Waals surface area contributed by atoms with Crippen LogP contribution in [0, 0.1) is 0 Å². The van der Waals surface area contributed by atoms with Crippen LogP contribution in [0.1, 0.15) is 48.6 Å². The lowest BCUT2D eigenvalue weighted by molar-refractivity contribution is 0.475. The van der Waals surface area contributed by atoms with E-state index in [0.29, 0.717) is 0 Å². The van der Waals surface area contributed by atoms with Crippen molar-refractivity contribution < 1.29 is 5.11 Å². The minimum atomic E-state index is 0.268. The highest BCUT2D eigenvalue weighted by Gasteiger charge is 2.06. The fourth-order valence-electron chi connectivity index (χ4n) is 3.40. The van der Waals surface area contributed by atoms with E-state index in [0.717, 1.165) is 41.9 Å². The van der Waals surface area contributed by atoms with Crippen LogP contribution in [0.15, 0.2) is 65.7 Å². The van der Waals surface area contributed by atoms with Crippen LogP contribution in [-0.4, -0.2) is 10.8 Å². The molecular weight excluding hydrogens is 344 g/mol. The van der Waals surface area contributed by atoms with Gasteiger partial charge >= 0.3 is 0 Å². The molecule has 3 nitrogen and oxygen atoms in total. The van der Waals surface area contributed by atoms with Crippen molar-refractivity contribution in [1.29, 1.82) is 0 Å². The summed E-state index contributed by atoms with van der Waals surface area (Å²) in [5.74, 6) is 0.268. The van der Waals surface area contributed by atoms with E-state index in [9.17, 15) is 5.11 Å². The predicted octanol–water partition coefficient (Wildman–Crippen LogP) is 5.83. The maximum atomic E-state index is 9.46. The van der Waals surface area contributed by atoms with Gasteiger partial charge in [0.2, 0.25) is 0 Å². The lowest BCUT2D eigenvalue weighted by atomic mass is 9.98. The summed E-state index contributed by atoms with van der Waals surface area (Å²) in [5.41, 5.74) is 14.9. The number of aryl methyl sites for hydroxylation is 2. The maximum absolute atomic E-state index is 9.46. The van der Waals surface area contributed by atoms with Gasteiger partial charge in [0.15, 0.2) is 0 Å². The molecule has 3 rings (SSSR count). The lowest BCUT2D eigenvalue weighted by Gasteiger charge is -2.11. The quantitative estimate of drug-likeness (QED) is 0.422. The highest BCUT2D eigenvalue weighted by molar-refractivity contribution is 6.00. The number of nitrogens with zero attached hydrogens (tertiary/aromatic N) is 1. The number of phenolic OH excluding ortho intramolecular Hbond substituents is 1. The first-order valence-electron chi connectivity index (χ1n) is 9.84. The van der Waals surface area contributed by atoms with Gasteiger partial charge in [0.1, 0.15) is 5.75 Å². The first-order chi connectivity index (χ1) is 13.5. The van der Waals surface area contributed by atoms with Crippen molar-refractivity contribution in [2.45, 2.75) is 40.0 Å². The number of anilines is 1. The third-order valence-corrected chi connectivity index (χ3v) is 5.09. The monoisotopic (exact) mass is 372 g/mol. The van der Waals surface area contributed by atoms with Crippen LogP contribution in [-0.2, 0) is 19.3 Å². The smallest absolute Gasteiger partial charge is 0.115 e. The Kier molecular flexibility index (Phi) is 6.15. The van der Waals surface area contributed by atoms with Gasteiger partial charge < -0.3 is 10.8 Å². The topological polar surface area (TPSA) is 58.6 Å². The molecule has 0 atom stereocenters. The average Bonchev–Trinajstić information content (AvgIpc) is 2.71. The zero-order valence-electron chi connectivity index (χ0n) is 16.9. The first kappa shape index (κ1) is 19.7. The fraction of sp³-hybridized carbons (Fsp3) is 0.240. The van der Waals surface area contributed by atoms with Crippen molar-refractivity contribution >= 4 is 17.1 Å². The van der Waals surface area contributed by atoms with E-state index in [1.54, 1.807) is 12.1 Å². The summed E-state index contributed by atoms with van der Waals surface area (Å²) in [4.78, 5) is 4.84. The largest absolute Gasteiger partial charge is 0.508 e. The van der Waals surface area contributed by atoms with Gasteiger partial charge in [0, 0.05) is 11.4 Å². The van der Waals surface area contributed by atoms with Crippen LogP contribution in [0.25, 0.3) is 0 Å². The highest BCUT2D eigenvalue weighted by Crippen LogP contribution is 2.25. The molecule has 3 N–H and O–H groups in total. The lowest BCUT2D eigenvalue weighted by Crippen LogP contribution is -1.97. The van der Waals surface area contributed by atoms with Crippen LogP contribution in [0.4, 0.5) is 11.4 Å². The molecule has 0 aliphatic rings. The fourth-order valence-corrected chi connectivity index (χ4v) is 3.40. The van der Waals surface area contributed by atoms with E-state index in [-0.39, 0.29) is 5.75 Å². The molecule has 144 valence electrons. The number of rotatable bonds is 6. The third kappa shape index (κ3) is 4.61. The van der Waals surface area contributed by atoms with Crippen LogP contribution in [0.3, 0.4) is 0 Å². The van der Waals surface area contributed by atoms with Gasteiger partial charge in [-0.15, -0.1) is 0 Å². The molecule has 0 unspecified atom stereocenters. The molecule has 0 radical (unpaired) electrons. The molecule has 0 spiro atoms. The molecule has 3 aromatic carbocycles. The zero-order valence-corrected chi connectivity index (χ0v) is 16.9. The van der Waals surface area contributed by atoms with Gasteiger partial charge in [0.05, 0.1) is 5.69 Å². The van der Waals surface area contributed by atoms with E-state index in [4.69, 9.17) is 10.7 Å².